The van der Waals surface area contributed by atoms with Crippen molar-refractivity contribution in [2.75, 3.05) is 0 Å². The van der Waals surface area contributed by atoms with E-state index in [0.717, 1.165) is 5.56 Å². The van der Waals surface area contributed by atoms with Crippen molar-refractivity contribution in [1.29, 1.82) is 5.26 Å². The van der Waals surface area contributed by atoms with Gasteiger partial charge in [-0.1, -0.05) is 6.07 Å². The average molecular weight is 174 g/mol. The van der Waals surface area contributed by atoms with Crippen molar-refractivity contribution in [2.45, 2.75) is 19.3 Å². The van der Waals surface area contributed by atoms with Gasteiger partial charge in [-0.15, -0.1) is 0 Å². The van der Waals surface area contributed by atoms with Crippen LogP contribution >= 0.6 is 0 Å². The Kier molecular flexibility index (Phi) is 3.65. The number of hydrogen-bond donors (Lipinski definition) is 0. The maximum Gasteiger partial charge on any atom is 0.147 e. The maximum atomic E-state index is 11.0. The van der Waals surface area contributed by atoms with Gasteiger partial charge in [-0.05, 0) is 18.1 Å². The number of carbonyl (C=O) groups is 1. The van der Waals surface area contributed by atoms with Crippen LogP contribution in [0.2, 0.25) is 0 Å². The quantitative estimate of drug-likeness (QED) is 0.695. The van der Waals surface area contributed by atoms with Crippen LogP contribution in [0.4, 0.5) is 0 Å². The van der Waals surface area contributed by atoms with Crippen molar-refractivity contribution in [3.63, 3.8) is 0 Å². The lowest BCUT2D eigenvalue weighted by molar-refractivity contribution is -0.118. The first-order valence-electron chi connectivity index (χ1n) is 4.10. The van der Waals surface area contributed by atoms with Crippen molar-refractivity contribution in [3.05, 3.63) is 30.1 Å². The largest absolute Gasteiger partial charge is 0.299 e. The highest BCUT2D eigenvalue weighted by Crippen LogP contribution is 2.01. The Hall–Kier alpha value is -1.69. The fourth-order valence-corrected chi connectivity index (χ4v) is 1.01. The number of hydrogen-bond acceptors (Lipinski definition) is 3. The first kappa shape index (κ1) is 9.40. The second kappa shape index (κ2) is 5.04. The van der Waals surface area contributed by atoms with E-state index < -0.39 is 0 Å². The number of aromatic nitrogens is 1. The third kappa shape index (κ3) is 3.48. The molecule has 0 aliphatic carbocycles. The minimum Gasteiger partial charge on any atom is -0.299 e. The van der Waals surface area contributed by atoms with Gasteiger partial charge >= 0.3 is 0 Å². The highest BCUT2D eigenvalue weighted by Gasteiger charge is 2.00. The summed E-state index contributed by atoms with van der Waals surface area (Å²) in [5.41, 5.74) is 1.04. The summed E-state index contributed by atoms with van der Waals surface area (Å²) in [5, 5.41) is 8.25. The van der Waals surface area contributed by atoms with Crippen LogP contribution in [-0.2, 0) is 11.2 Å². The van der Waals surface area contributed by atoms with Gasteiger partial charge in [-0.3, -0.25) is 9.78 Å². The van der Waals surface area contributed by atoms with Gasteiger partial charge < -0.3 is 0 Å². The predicted molar refractivity (Wildman–Crippen MR) is 47.8 cm³/mol. The number of ketones is 1. The van der Waals surface area contributed by atoms with Gasteiger partial charge in [-0.25, -0.2) is 0 Å². The van der Waals surface area contributed by atoms with Crippen LogP contribution in [0.1, 0.15) is 18.4 Å². The first-order valence-corrected chi connectivity index (χ1v) is 4.10. The summed E-state index contributed by atoms with van der Waals surface area (Å²) in [7, 11) is 0. The molecule has 0 radical (unpaired) electrons. The predicted octanol–water partition coefficient (Wildman–Crippen LogP) is 1.50. The monoisotopic (exact) mass is 174 g/mol. The molecule has 1 rings (SSSR count). The van der Waals surface area contributed by atoms with Gasteiger partial charge in [0, 0.05) is 18.8 Å². The van der Waals surface area contributed by atoms with E-state index in [1.54, 1.807) is 12.4 Å². The molecule has 1 heterocycles. The van der Waals surface area contributed by atoms with Crippen LogP contribution in [0.25, 0.3) is 0 Å². The molecule has 0 saturated heterocycles. The van der Waals surface area contributed by atoms with Crippen molar-refractivity contribution in [3.8, 4) is 6.07 Å². The third-order valence-corrected chi connectivity index (χ3v) is 1.69. The van der Waals surface area contributed by atoms with E-state index in [-0.39, 0.29) is 12.2 Å². The number of pyridine rings is 1. The van der Waals surface area contributed by atoms with Crippen LogP contribution in [0, 0.1) is 11.3 Å². The summed E-state index contributed by atoms with van der Waals surface area (Å²) in [5.74, 6) is -0.00801. The molecular weight excluding hydrogens is 164 g/mol. The lowest BCUT2D eigenvalue weighted by atomic mass is 10.1. The zero-order valence-corrected chi connectivity index (χ0v) is 7.23. The van der Waals surface area contributed by atoms with Gasteiger partial charge in [0.05, 0.1) is 12.5 Å². The highest BCUT2D eigenvalue weighted by molar-refractivity contribution is 5.80. The fraction of sp³-hybridized carbons (Fsp3) is 0.300. The molecule has 0 aliphatic rings. The molecule has 3 heteroatoms. The van der Waals surface area contributed by atoms with Crippen molar-refractivity contribution < 1.29 is 4.79 Å². The molecule has 1 aromatic rings. The standard InChI is InChI=1S/C10H10N2O/c11-6-5-10(13)4-3-9-2-1-7-12-8-9/h1-2,7-8H,3-5H2. The summed E-state index contributed by atoms with van der Waals surface area (Å²) >= 11 is 0. The molecule has 13 heavy (non-hydrogen) atoms. The smallest absolute Gasteiger partial charge is 0.147 e. The number of nitrogens with zero attached hydrogens (tertiary/aromatic N) is 2. The lowest BCUT2D eigenvalue weighted by Crippen LogP contribution is -1.98. The molecule has 0 atom stereocenters. The summed E-state index contributed by atoms with van der Waals surface area (Å²) in [6.07, 6.45) is 4.55. The van der Waals surface area contributed by atoms with Crippen LogP contribution < -0.4 is 0 Å². The van der Waals surface area contributed by atoms with Crippen molar-refractivity contribution in [1.82, 2.24) is 4.98 Å². The average Bonchev–Trinajstić information content (AvgIpc) is 2.17. The molecule has 0 aliphatic heterocycles. The Morgan fingerprint density at radius 3 is 3.08 bits per heavy atom. The zero-order valence-electron chi connectivity index (χ0n) is 7.23. The molecule has 0 fully saturated rings. The molecule has 3 nitrogen and oxygen atoms in total. The Bertz CT molecular complexity index is 313. The van der Waals surface area contributed by atoms with E-state index in [1.807, 2.05) is 18.2 Å². The normalized spacial score (nSPS) is 9.15. The lowest BCUT2D eigenvalue weighted by Gasteiger charge is -1.96. The van der Waals surface area contributed by atoms with Gasteiger partial charge in [-0.2, -0.15) is 5.26 Å². The van der Waals surface area contributed by atoms with E-state index in [1.165, 1.54) is 0 Å². The Morgan fingerprint density at radius 1 is 1.62 bits per heavy atom. The number of aryl methyl sites for hydroxylation is 1. The molecule has 0 spiro atoms. The summed E-state index contributed by atoms with van der Waals surface area (Å²) in [6.45, 7) is 0. The molecule has 0 unspecified atom stereocenters. The second-order valence-electron chi connectivity index (χ2n) is 2.73. The molecule has 0 N–H and O–H groups in total. The van der Waals surface area contributed by atoms with E-state index in [2.05, 4.69) is 4.98 Å². The second-order valence-corrected chi connectivity index (χ2v) is 2.73. The summed E-state index contributed by atoms with van der Waals surface area (Å²) in [6, 6.07) is 5.60. The van der Waals surface area contributed by atoms with E-state index in [4.69, 9.17) is 5.26 Å². The summed E-state index contributed by atoms with van der Waals surface area (Å²) in [4.78, 5) is 14.9. The highest BCUT2D eigenvalue weighted by atomic mass is 16.1. The van der Waals surface area contributed by atoms with Gasteiger partial charge in [0.25, 0.3) is 0 Å². The topological polar surface area (TPSA) is 53.8 Å². The summed E-state index contributed by atoms with van der Waals surface area (Å²) < 4.78 is 0. The number of Topliss-reactive ketones (excluding diaryl/α,β-unsaturated/α-hetero) is 1. The van der Waals surface area contributed by atoms with E-state index in [9.17, 15) is 4.79 Å². The molecule has 0 amide bonds. The van der Waals surface area contributed by atoms with Gasteiger partial charge in [0.15, 0.2) is 0 Å². The van der Waals surface area contributed by atoms with E-state index in [0.29, 0.717) is 12.8 Å². The maximum absolute atomic E-state index is 11.0. The molecule has 1 aromatic heterocycles. The Balaban J connectivity index is 2.36. The van der Waals surface area contributed by atoms with E-state index >= 15 is 0 Å². The number of carbonyl (C=O) groups excluding carboxylic acids is 1. The molecular formula is C10H10N2O. The molecule has 66 valence electrons. The third-order valence-electron chi connectivity index (χ3n) is 1.69. The number of nitriles is 1. The molecule has 0 saturated carbocycles. The van der Waals surface area contributed by atoms with Crippen molar-refractivity contribution >= 4 is 5.78 Å². The van der Waals surface area contributed by atoms with Gasteiger partial charge in [0.1, 0.15) is 5.78 Å². The minimum atomic E-state index is -0.00801. The Labute approximate surface area is 77.0 Å². The van der Waals surface area contributed by atoms with Crippen LogP contribution in [-0.4, -0.2) is 10.8 Å². The fourth-order valence-electron chi connectivity index (χ4n) is 1.01. The Morgan fingerprint density at radius 2 is 2.46 bits per heavy atom. The zero-order chi connectivity index (χ0) is 9.52. The molecule has 0 bridgehead atoms. The van der Waals surface area contributed by atoms with Gasteiger partial charge in [0.2, 0.25) is 0 Å². The SMILES string of the molecule is N#CCC(=O)CCc1cccnc1. The minimum absolute atomic E-state index is 0.00801. The first-order chi connectivity index (χ1) is 6.33. The molecule has 0 aromatic carbocycles. The van der Waals surface area contributed by atoms with Crippen molar-refractivity contribution in [2.24, 2.45) is 0 Å². The van der Waals surface area contributed by atoms with Crippen LogP contribution in [0.5, 0.6) is 0 Å². The van der Waals surface area contributed by atoms with Crippen LogP contribution in [0.3, 0.4) is 0 Å². The number of rotatable bonds is 4. The van der Waals surface area contributed by atoms with Crippen LogP contribution in [0.15, 0.2) is 24.5 Å².